The van der Waals surface area contributed by atoms with Crippen molar-refractivity contribution in [2.45, 2.75) is 6.10 Å². The Bertz CT molecular complexity index is 444. The third kappa shape index (κ3) is 3.91. The summed E-state index contributed by atoms with van der Waals surface area (Å²) >= 11 is 0. The van der Waals surface area contributed by atoms with E-state index in [2.05, 4.69) is 4.99 Å². The lowest BCUT2D eigenvalue weighted by Crippen LogP contribution is -2.45. The summed E-state index contributed by atoms with van der Waals surface area (Å²) in [6.45, 7) is 3.25. The highest BCUT2D eigenvalue weighted by Crippen LogP contribution is 2.17. The average Bonchev–Trinajstić information content (AvgIpc) is 2.50. The van der Waals surface area contributed by atoms with Gasteiger partial charge in [0, 0.05) is 20.2 Å². The van der Waals surface area contributed by atoms with Gasteiger partial charge in [-0.3, -0.25) is 4.99 Å². The van der Waals surface area contributed by atoms with Crippen molar-refractivity contribution < 1.29 is 13.9 Å². The van der Waals surface area contributed by atoms with E-state index >= 15 is 0 Å². The molecule has 0 amide bonds. The monoisotopic (exact) mass is 281 g/mol. The van der Waals surface area contributed by atoms with Crippen LogP contribution in [0.3, 0.4) is 0 Å². The third-order valence-corrected chi connectivity index (χ3v) is 3.28. The van der Waals surface area contributed by atoms with Crippen LogP contribution in [-0.2, 0) is 9.47 Å². The number of methoxy groups -OCH3 is 1. The van der Waals surface area contributed by atoms with Crippen molar-refractivity contribution in [2.24, 2.45) is 10.7 Å². The molecular weight excluding hydrogens is 261 g/mol. The topological polar surface area (TPSA) is 60.1 Å². The molecule has 1 saturated heterocycles. The summed E-state index contributed by atoms with van der Waals surface area (Å²) in [7, 11) is 1.61. The van der Waals surface area contributed by atoms with E-state index in [0.717, 1.165) is 18.7 Å². The lowest BCUT2D eigenvalue weighted by Gasteiger charge is -2.27. The molecule has 0 spiro atoms. The van der Waals surface area contributed by atoms with E-state index in [1.165, 1.54) is 12.1 Å². The Kier molecular flexibility index (Phi) is 5.31. The van der Waals surface area contributed by atoms with Crippen LogP contribution in [0.5, 0.6) is 0 Å². The van der Waals surface area contributed by atoms with Crippen LogP contribution < -0.4 is 5.73 Å². The summed E-state index contributed by atoms with van der Waals surface area (Å²) in [6, 6.07) is 6.22. The second kappa shape index (κ2) is 7.21. The molecule has 1 fully saturated rings. The molecule has 0 radical (unpaired) electrons. The van der Waals surface area contributed by atoms with Gasteiger partial charge in [-0.15, -0.1) is 0 Å². The number of nitrogens with two attached hydrogens (primary N) is 1. The molecule has 1 heterocycles. The van der Waals surface area contributed by atoms with E-state index in [9.17, 15) is 4.39 Å². The lowest BCUT2D eigenvalue weighted by atomic mass is 10.1. The molecular formula is C14H20FN3O2. The highest BCUT2D eigenvalue weighted by atomic mass is 19.1. The van der Waals surface area contributed by atoms with Gasteiger partial charge in [-0.1, -0.05) is 12.1 Å². The van der Waals surface area contributed by atoms with E-state index in [-0.39, 0.29) is 11.9 Å². The molecule has 1 aliphatic heterocycles. The summed E-state index contributed by atoms with van der Waals surface area (Å²) in [6.07, 6.45) is -0.227. The number of benzene rings is 1. The Morgan fingerprint density at radius 1 is 1.40 bits per heavy atom. The zero-order chi connectivity index (χ0) is 14.4. The maximum atomic E-state index is 12.9. The number of nitrogens with zero attached hydrogens (tertiary/aromatic N) is 2. The molecule has 1 atom stereocenters. The first-order valence-corrected chi connectivity index (χ1v) is 6.61. The number of aliphatic imine (C=N–C) groups is 1. The van der Waals surface area contributed by atoms with Gasteiger partial charge in [-0.05, 0) is 17.7 Å². The van der Waals surface area contributed by atoms with E-state index in [0.29, 0.717) is 25.7 Å². The van der Waals surface area contributed by atoms with Gasteiger partial charge in [0.05, 0.1) is 19.8 Å². The first-order chi connectivity index (χ1) is 9.70. The molecule has 2 rings (SSSR count). The predicted molar refractivity (Wildman–Crippen MR) is 75.0 cm³/mol. The zero-order valence-electron chi connectivity index (χ0n) is 11.6. The number of hydrogen-bond donors (Lipinski definition) is 1. The van der Waals surface area contributed by atoms with Crippen molar-refractivity contribution in [2.75, 3.05) is 40.0 Å². The average molecular weight is 281 g/mol. The molecule has 5 nitrogen and oxygen atoms in total. The van der Waals surface area contributed by atoms with Gasteiger partial charge < -0.3 is 20.1 Å². The first-order valence-electron chi connectivity index (χ1n) is 6.61. The van der Waals surface area contributed by atoms with Crippen LogP contribution in [0.25, 0.3) is 0 Å². The fraction of sp³-hybridized carbons (Fsp3) is 0.500. The maximum Gasteiger partial charge on any atom is 0.191 e. The van der Waals surface area contributed by atoms with Crippen LogP contribution in [0.4, 0.5) is 4.39 Å². The first kappa shape index (κ1) is 14.7. The fourth-order valence-corrected chi connectivity index (χ4v) is 2.06. The molecule has 2 N–H and O–H groups in total. The van der Waals surface area contributed by atoms with Gasteiger partial charge in [0.2, 0.25) is 0 Å². The van der Waals surface area contributed by atoms with Crippen molar-refractivity contribution in [3.8, 4) is 0 Å². The molecule has 1 aromatic carbocycles. The largest absolute Gasteiger partial charge is 0.378 e. The van der Waals surface area contributed by atoms with Crippen LogP contribution in [0, 0.1) is 5.82 Å². The number of halogens is 1. The van der Waals surface area contributed by atoms with Gasteiger partial charge in [0.15, 0.2) is 5.96 Å². The molecule has 6 heteroatoms. The number of ether oxygens (including phenoxy) is 2. The van der Waals surface area contributed by atoms with Gasteiger partial charge in [0.25, 0.3) is 0 Å². The second-order valence-electron chi connectivity index (χ2n) is 4.57. The summed E-state index contributed by atoms with van der Waals surface area (Å²) in [5.74, 6) is 0.234. The second-order valence-corrected chi connectivity index (χ2v) is 4.57. The van der Waals surface area contributed by atoms with Gasteiger partial charge >= 0.3 is 0 Å². The summed E-state index contributed by atoms with van der Waals surface area (Å²) in [5.41, 5.74) is 6.84. The molecule has 1 aromatic rings. The normalized spacial score (nSPS) is 18.1. The Balaban J connectivity index is 1.97. The quantitative estimate of drug-likeness (QED) is 0.664. The minimum absolute atomic E-state index is 0.227. The molecule has 1 aliphatic rings. The Hall–Kier alpha value is -1.66. The van der Waals surface area contributed by atoms with Crippen molar-refractivity contribution >= 4 is 5.96 Å². The minimum Gasteiger partial charge on any atom is -0.378 e. The Labute approximate surface area is 118 Å². The van der Waals surface area contributed by atoms with Gasteiger partial charge in [0.1, 0.15) is 11.9 Å². The molecule has 110 valence electrons. The summed E-state index contributed by atoms with van der Waals surface area (Å²) < 4.78 is 23.6. The van der Waals surface area contributed by atoms with Crippen LogP contribution in [0.2, 0.25) is 0 Å². The number of hydrogen-bond acceptors (Lipinski definition) is 3. The maximum absolute atomic E-state index is 12.9. The Morgan fingerprint density at radius 3 is 2.65 bits per heavy atom. The number of rotatable bonds is 4. The molecule has 0 unspecified atom stereocenters. The van der Waals surface area contributed by atoms with Gasteiger partial charge in [-0.25, -0.2) is 4.39 Å². The Morgan fingerprint density at radius 2 is 2.05 bits per heavy atom. The van der Waals surface area contributed by atoms with Crippen molar-refractivity contribution in [3.05, 3.63) is 35.6 Å². The van der Waals surface area contributed by atoms with Crippen LogP contribution in [-0.4, -0.2) is 50.8 Å². The van der Waals surface area contributed by atoms with Crippen LogP contribution in [0.15, 0.2) is 29.3 Å². The highest BCUT2D eigenvalue weighted by molar-refractivity contribution is 5.78. The molecule has 0 saturated carbocycles. The number of morpholine rings is 1. The molecule has 0 bridgehead atoms. The van der Waals surface area contributed by atoms with Crippen LogP contribution >= 0.6 is 0 Å². The van der Waals surface area contributed by atoms with E-state index < -0.39 is 0 Å². The lowest BCUT2D eigenvalue weighted by molar-refractivity contribution is 0.0669. The van der Waals surface area contributed by atoms with Crippen molar-refractivity contribution in [1.82, 2.24) is 4.90 Å². The SMILES string of the molecule is CO[C@@H](CN=C(N)N1CCOCC1)c1ccc(F)cc1. The molecule has 20 heavy (non-hydrogen) atoms. The third-order valence-electron chi connectivity index (χ3n) is 3.28. The van der Waals surface area contributed by atoms with E-state index in [1.54, 1.807) is 19.2 Å². The predicted octanol–water partition coefficient (Wildman–Crippen LogP) is 1.16. The van der Waals surface area contributed by atoms with Crippen LogP contribution in [0.1, 0.15) is 11.7 Å². The number of guanidine groups is 1. The van der Waals surface area contributed by atoms with Gasteiger partial charge in [-0.2, -0.15) is 0 Å². The van der Waals surface area contributed by atoms with E-state index in [4.69, 9.17) is 15.2 Å². The fourth-order valence-electron chi connectivity index (χ4n) is 2.06. The molecule has 0 aromatic heterocycles. The smallest absolute Gasteiger partial charge is 0.191 e. The van der Waals surface area contributed by atoms with E-state index in [1.807, 2.05) is 4.90 Å². The zero-order valence-corrected chi connectivity index (χ0v) is 11.6. The van der Waals surface area contributed by atoms with Crippen molar-refractivity contribution in [1.29, 1.82) is 0 Å². The molecule has 0 aliphatic carbocycles. The summed E-state index contributed by atoms with van der Waals surface area (Å²) in [5, 5.41) is 0. The highest BCUT2D eigenvalue weighted by Gasteiger charge is 2.14. The summed E-state index contributed by atoms with van der Waals surface area (Å²) in [4.78, 5) is 6.35. The standard InChI is InChI=1S/C14H20FN3O2/c1-19-13(11-2-4-12(15)5-3-11)10-17-14(16)18-6-8-20-9-7-18/h2-5,13H,6-10H2,1H3,(H2,16,17)/t13-/m0/s1. The van der Waals surface area contributed by atoms with Crippen molar-refractivity contribution in [3.63, 3.8) is 0 Å². The minimum atomic E-state index is -0.264.